The van der Waals surface area contributed by atoms with Crippen molar-refractivity contribution in [2.75, 3.05) is 7.11 Å². The van der Waals surface area contributed by atoms with Crippen LogP contribution in [0.2, 0.25) is 0 Å². The molecule has 0 bridgehead atoms. The third-order valence-electron chi connectivity index (χ3n) is 1.07. The molecule has 0 aliphatic heterocycles. The average Bonchev–Trinajstić information content (AvgIpc) is 2.48. The Morgan fingerprint density at radius 1 is 1.82 bits per heavy atom. The maximum Gasteiger partial charge on any atom is 0.0884 e. The molecule has 1 aromatic heterocycles. The molecule has 5 heteroatoms. The molecule has 1 heterocycles. The van der Waals surface area contributed by atoms with Crippen molar-refractivity contribution < 1.29 is 4.74 Å². The van der Waals surface area contributed by atoms with Crippen LogP contribution in [0, 0.1) is 0 Å². The molecule has 0 aliphatic carbocycles. The topological polar surface area (TPSA) is 27.1 Å². The lowest BCUT2D eigenvalue weighted by Crippen LogP contribution is -1.80. The number of hydrogen-bond donors (Lipinski definition) is 0. The van der Waals surface area contributed by atoms with Gasteiger partial charge in [0.05, 0.1) is 25.4 Å². The van der Waals surface area contributed by atoms with Gasteiger partial charge in [-0.25, -0.2) is 4.45 Å². The average molecular weight is 282 g/mol. The van der Waals surface area contributed by atoms with Crippen molar-refractivity contribution >= 4 is 34.5 Å². The highest BCUT2D eigenvalue weighted by Gasteiger charge is 1.91. The minimum Gasteiger partial charge on any atom is -0.504 e. The van der Waals surface area contributed by atoms with E-state index in [0.29, 0.717) is 6.37 Å². The quantitative estimate of drug-likeness (QED) is 0.483. The van der Waals surface area contributed by atoms with Gasteiger partial charge in [-0.05, 0) is 28.1 Å². The number of methoxy groups -OCH3 is 1. The first-order valence-corrected chi connectivity index (χ1v) is 7.04. The zero-order valence-electron chi connectivity index (χ0n) is 5.99. The monoisotopic (exact) mass is 282 g/mol. The Morgan fingerprint density at radius 2 is 2.64 bits per heavy atom. The standard InChI is InChI=1S/C6H8IN2OP/c1-10-5-3-6-2-4-9(8-6)11-7/h2-5,11H,1H3/b5-3+. The molecule has 60 valence electrons. The largest absolute Gasteiger partial charge is 0.504 e. The highest BCUT2D eigenvalue weighted by molar-refractivity contribution is 14.2. The van der Waals surface area contributed by atoms with Crippen LogP contribution in [0.5, 0.6) is 0 Å². The van der Waals surface area contributed by atoms with E-state index >= 15 is 0 Å². The van der Waals surface area contributed by atoms with Gasteiger partial charge < -0.3 is 4.74 Å². The molecule has 1 unspecified atom stereocenters. The highest BCUT2D eigenvalue weighted by atomic mass is 127. The molecule has 0 radical (unpaired) electrons. The Morgan fingerprint density at radius 3 is 3.18 bits per heavy atom. The van der Waals surface area contributed by atoms with Crippen LogP contribution in [-0.4, -0.2) is 16.7 Å². The van der Waals surface area contributed by atoms with Gasteiger partial charge in [-0.2, -0.15) is 5.10 Å². The summed E-state index contributed by atoms with van der Waals surface area (Å²) < 4.78 is 6.64. The van der Waals surface area contributed by atoms with Gasteiger partial charge >= 0.3 is 0 Å². The molecular weight excluding hydrogens is 274 g/mol. The zero-order valence-corrected chi connectivity index (χ0v) is 9.15. The summed E-state index contributed by atoms with van der Waals surface area (Å²) in [7, 11) is 1.62. The van der Waals surface area contributed by atoms with Crippen LogP contribution >= 0.6 is 28.4 Å². The molecule has 0 aromatic carbocycles. The van der Waals surface area contributed by atoms with E-state index in [1.807, 2.05) is 22.8 Å². The van der Waals surface area contributed by atoms with E-state index < -0.39 is 0 Å². The number of ether oxygens (including phenoxy) is 1. The van der Waals surface area contributed by atoms with Gasteiger partial charge in [-0.1, -0.05) is 0 Å². The molecule has 1 rings (SSSR count). The van der Waals surface area contributed by atoms with Crippen molar-refractivity contribution in [3.05, 3.63) is 24.2 Å². The summed E-state index contributed by atoms with van der Waals surface area (Å²) in [6, 6.07) is 1.95. The van der Waals surface area contributed by atoms with E-state index in [1.54, 1.807) is 13.4 Å². The summed E-state index contributed by atoms with van der Waals surface area (Å²) in [5.74, 6) is 0. The van der Waals surface area contributed by atoms with Crippen molar-refractivity contribution in [1.82, 2.24) is 9.55 Å². The molecule has 0 fully saturated rings. The first-order valence-electron chi connectivity index (χ1n) is 2.98. The SMILES string of the molecule is CO/C=C/c1ccn(PI)n1. The van der Waals surface area contributed by atoms with Gasteiger partial charge in [0.25, 0.3) is 0 Å². The van der Waals surface area contributed by atoms with E-state index in [0.717, 1.165) is 5.69 Å². The van der Waals surface area contributed by atoms with Crippen LogP contribution in [0.15, 0.2) is 18.5 Å². The van der Waals surface area contributed by atoms with Crippen LogP contribution in [0.1, 0.15) is 5.69 Å². The molecule has 1 atom stereocenters. The van der Waals surface area contributed by atoms with Crippen LogP contribution in [0.3, 0.4) is 0 Å². The third kappa shape index (κ3) is 2.79. The molecule has 1 aromatic rings. The first kappa shape index (κ1) is 9.00. The lowest BCUT2D eigenvalue weighted by atomic mass is 10.4. The van der Waals surface area contributed by atoms with Crippen LogP contribution in [-0.2, 0) is 4.74 Å². The van der Waals surface area contributed by atoms with E-state index in [-0.39, 0.29) is 0 Å². The third-order valence-corrected chi connectivity index (χ3v) is 2.98. The molecule has 0 amide bonds. The van der Waals surface area contributed by atoms with Crippen LogP contribution in [0.4, 0.5) is 0 Å². The molecule has 0 N–H and O–H groups in total. The zero-order chi connectivity index (χ0) is 8.10. The smallest absolute Gasteiger partial charge is 0.0884 e. The first-order chi connectivity index (χ1) is 5.36. The van der Waals surface area contributed by atoms with E-state index in [1.165, 1.54) is 0 Å². The Kier molecular flexibility index (Phi) is 3.86. The van der Waals surface area contributed by atoms with Crippen molar-refractivity contribution in [2.45, 2.75) is 0 Å². The maximum atomic E-state index is 4.76. The highest BCUT2D eigenvalue weighted by Crippen LogP contribution is 2.22. The molecule has 0 saturated carbocycles. The van der Waals surface area contributed by atoms with Crippen molar-refractivity contribution in [2.24, 2.45) is 0 Å². The van der Waals surface area contributed by atoms with Gasteiger partial charge in [0, 0.05) is 12.3 Å². The second-order valence-electron chi connectivity index (χ2n) is 1.81. The summed E-state index contributed by atoms with van der Waals surface area (Å²) in [5.41, 5.74) is 0.927. The Bertz CT molecular complexity index is 248. The van der Waals surface area contributed by atoms with Crippen molar-refractivity contribution in [1.29, 1.82) is 0 Å². The fourth-order valence-corrected chi connectivity index (χ4v) is 1.70. The molecule has 11 heavy (non-hydrogen) atoms. The van der Waals surface area contributed by atoms with Crippen molar-refractivity contribution in [3.63, 3.8) is 0 Å². The summed E-state index contributed by atoms with van der Waals surface area (Å²) >= 11 is 2.28. The fourth-order valence-electron chi connectivity index (χ4n) is 0.612. The summed E-state index contributed by atoms with van der Waals surface area (Å²) in [5, 5.41) is 4.22. The minimum atomic E-state index is 0.657. The van der Waals surface area contributed by atoms with E-state index in [4.69, 9.17) is 4.74 Å². The lowest BCUT2D eigenvalue weighted by molar-refractivity contribution is 0.341. The molecule has 0 spiro atoms. The second-order valence-corrected chi connectivity index (χ2v) is 3.88. The minimum absolute atomic E-state index is 0.657. The van der Waals surface area contributed by atoms with Crippen LogP contribution < -0.4 is 0 Å². The predicted molar refractivity (Wildman–Crippen MR) is 56.0 cm³/mol. The molecule has 0 aliphatic rings. The van der Waals surface area contributed by atoms with Gasteiger partial charge in [-0.15, -0.1) is 0 Å². The van der Waals surface area contributed by atoms with Crippen LogP contribution in [0.25, 0.3) is 6.08 Å². The Hall–Kier alpha value is -0.0900. The van der Waals surface area contributed by atoms with E-state index in [2.05, 4.69) is 27.1 Å². The van der Waals surface area contributed by atoms with Gasteiger partial charge in [0.1, 0.15) is 0 Å². The van der Waals surface area contributed by atoms with Gasteiger partial charge in [0.15, 0.2) is 0 Å². The number of halogens is 1. The summed E-state index contributed by atoms with van der Waals surface area (Å²) in [6.45, 7) is 0. The number of rotatable bonds is 3. The lowest BCUT2D eigenvalue weighted by Gasteiger charge is -1.88. The normalized spacial score (nSPS) is 11.8. The van der Waals surface area contributed by atoms with Gasteiger partial charge in [-0.3, -0.25) is 0 Å². The fraction of sp³-hybridized carbons (Fsp3) is 0.167. The second kappa shape index (κ2) is 4.72. The molecular formula is C6H8IN2OP. The van der Waals surface area contributed by atoms with Crippen molar-refractivity contribution in [3.8, 4) is 0 Å². The number of aromatic nitrogens is 2. The Balaban J connectivity index is 2.65. The number of hydrogen-bond acceptors (Lipinski definition) is 2. The predicted octanol–water partition coefficient (Wildman–Crippen LogP) is 2.29. The van der Waals surface area contributed by atoms with E-state index in [9.17, 15) is 0 Å². The maximum absolute atomic E-state index is 4.76. The molecule has 0 saturated heterocycles. The van der Waals surface area contributed by atoms with Gasteiger partial charge in [0.2, 0.25) is 0 Å². The summed E-state index contributed by atoms with van der Waals surface area (Å²) in [6.07, 6.45) is 6.04. The summed E-state index contributed by atoms with van der Waals surface area (Å²) in [4.78, 5) is 0. The molecule has 3 nitrogen and oxygen atoms in total. The Labute approximate surface area is 80.1 Å². The number of nitrogens with zero attached hydrogens (tertiary/aromatic N) is 2.